The van der Waals surface area contributed by atoms with Gasteiger partial charge in [-0.3, -0.25) is 10.3 Å². The molecule has 0 bridgehead atoms. The number of para-hydroxylation sites is 1. The van der Waals surface area contributed by atoms with E-state index in [-0.39, 0.29) is 6.61 Å². The molecule has 0 unspecified atom stereocenters. The summed E-state index contributed by atoms with van der Waals surface area (Å²) in [5.41, 5.74) is 1.18. The Morgan fingerprint density at radius 1 is 1.16 bits per heavy atom. The lowest BCUT2D eigenvalue weighted by atomic mass is 10.3. The van der Waals surface area contributed by atoms with Crippen LogP contribution in [0.15, 0.2) is 42.7 Å². The van der Waals surface area contributed by atoms with Gasteiger partial charge < -0.3 is 4.74 Å². The van der Waals surface area contributed by atoms with E-state index in [0.29, 0.717) is 15.7 Å². The Morgan fingerprint density at radius 3 is 2.42 bits per heavy atom. The second-order valence-electron chi connectivity index (χ2n) is 3.65. The van der Waals surface area contributed by atoms with Crippen LogP contribution >= 0.6 is 23.2 Å². The summed E-state index contributed by atoms with van der Waals surface area (Å²) in [5, 5.41) is 3.22. The zero-order chi connectivity index (χ0) is 13.7. The average molecular weight is 297 g/mol. The van der Waals surface area contributed by atoms with E-state index in [2.05, 4.69) is 10.3 Å². The maximum atomic E-state index is 11.6. The summed E-state index contributed by atoms with van der Waals surface area (Å²) < 4.78 is 5.05. The zero-order valence-corrected chi connectivity index (χ0v) is 11.3. The first-order chi connectivity index (χ1) is 9.16. The monoisotopic (exact) mass is 296 g/mol. The highest BCUT2D eigenvalue weighted by molar-refractivity contribution is 6.39. The fourth-order valence-electron chi connectivity index (χ4n) is 1.38. The first-order valence-corrected chi connectivity index (χ1v) is 6.19. The van der Waals surface area contributed by atoms with Crippen molar-refractivity contribution in [3.63, 3.8) is 0 Å². The van der Waals surface area contributed by atoms with Crippen LogP contribution in [0.3, 0.4) is 0 Å². The van der Waals surface area contributed by atoms with Crippen molar-refractivity contribution in [3.05, 3.63) is 58.3 Å². The van der Waals surface area contributed by atoms with Crippen LogP contribution in [0.2, 0.25) is 10.0 Å². The molecule has 2 rings (SSSR count). The van der Waals surface area contributed by atoms with Crippen molar-refractivity contribution in [2.75, 3.05) is 5.32 Å². The van der Waals surface area contributed by atoms with Gasteiger partial charge in [-0.15, -0.1) is 0 Å². The van der Waals surface area contributed by atoms with Crippen molar-refractivity contribution in [2.45, 2.75) is 6.61 Å². The molecule has 2 aromatic rings. The number of carbonyl (C=O) groups is 1. The third-order valence-corrected chi connectivity index (χ3v) is 2.94. The van der Waals surface area contributed by atoms with Gasteiger partial charge in [-0.1, -0.05) is 29.3 Å². The van der Waals surface area contributed by atoms with Gasteiger partial charge >= 0.3 is 6.09 Å². The fourth-order valence-corrected chi connectivity index (χ4v) is 1.88. The Hall–Kier alpha value is -1.78. The van der Waals surface area contributed by atoms with Crippen molar-refractivity contribution in [3.8, 4) is 0 Å². The molecule has 4 nitrogen and oxygen atoms in total. The molecule has 0 atom stereocenters. The molecule has 0 saturated heterocycles. The van der Waals surface area contributed by atoms with Gasteiger partial charge in [0.2, 0.25) is 0 Å². The molecule has 0 aliphatic heterocycles. The Morgan fingerprint density at radius 2 is 1.79 bits per heavy atom. The Kier molecular flexibility index (Phi) is 4.60. The summed E-state index contributed by atoms with van der Waals surface area (Å²) >= 11 is 11.9. The molecular formula is C13H10Cl2N2O2. The van der Waals surface area contributed by atoms with Crippen LogP contribution in [0.5, 0.6) is 0 Å². The number of aromatic nitrogens is 1. The SMILES string of the molecule is O=C(Nc1c(Cl)cccc1Cl)OCc1ccncc1. The standard InChI is InChI=1S/C13H10Cl2N2O2/c14-10-2-1-3-11(15)12(10)17-13(18)19-8-9-4-6-16-7-5-9/h1-7H,8H2,(H,17,18). The molecule has 0 radical (unpaired) electrons. The second-order valence-corrected chi connectivity index (χ2v) is 4.47. The first kappa shape index (κ1) is 13.6. The molecule has 1 aromatic carbocycles. The molecule has 1 heterocycles. The van der Waals surface area contributed by atoms with Crippen LogP contribution in [0.4, 0.5) is 10.5 Å². The number of anilines is 1. The minimum absolute atomic E-state index is 0.149. The van der Waals surface area contributed by atoms with Gasteiger partial charge in [-0.05, 0) is 29.8 Å². The smallest absolute Gasteiger partial charge is 0.412 e. The van der Waals surface area contributed by atoms with E-state index < -0.39 is 6.09 Å². The van der Waals surface area contributed by atoms with Crippen molar-refractivity contribution >= 4 is 35.0 Å². The van der Waals surface area contributed by atoms with E-state index in [9.17, 15) is 4.79 Å². The second kappa shape index (κ2) is 6.41. The molecular weight excluding hydrogens is 287 g/mol. The summed E-state index contributed by atoms with van der Waals surface area (Å²) in [5.74, 6) is 0. The van der Waals surface area contributed by atoms with Crippen molar-refractivity contribution < 1.29 is 9.53 Å². The van der Waals surface area contributed by atoms with E-state index in [1.807, 2.05) is 0 Å². The predicted octanol–water partition coefficient (Wildman–Crippen LogP) is 4.14. The van der Waals surface area contributed by atoms with E-state index in [0.717, 1.165) is 5.56 Å². The van der Waals surface area contributed by atoms with Crippen molar-refractivity contribution in [1.29, 1.82) is 0 Å². The Balaban J connectivity index is 1.95. The molecule has 0 aliphatic carbocycles. The number of pyridine rings is 1. The molecule has 98 valence electrons. The van der Waals surface area contributed by atoms with E-state index in [4.69, 9.17) is 27.9 Å². The van der Waals surface area contributed by atoms with Crippen molar-refractivity contribution in [1.82, 2.24) is 4.98 Å². The van der Waals surface area contributed by atoms with Crippen LogP contribution in [0.1, 0.15) is 5.56 Å². The molecule has 0 aliphatic rings. The van der Waals surface area contributed by atoms with Crippen LogP contribution in [-0.2, 0) is 11.3 Å². The van der Waals surface area contributed by atoms with Gasteiger partial charge in [0.25, 0.3) is 0 Å². The lowest BCUT2D eigenvalue weighted by Crippen LogP contribution is -2.14. The molecule has 0 saturated carbocycles. The molecule has 1 N–H and O–H groups in total. The molecule has 6 heteroatoms. The predicted molar refractivity (Wildman–Crippen MR) is 74.5 cm³/mol. The van der Waals surface area contributed by atoms with Gasteiger partial charge in [0.15, 0.2) is 0 Å². The molecule has 19 heavy (non-hydrogen) atoms. The highest BCUT2D eigenvalue weighted by atomic mass is 35.5. The van der Waals surface area contributed by atoms with E-state index in [1.165, 1.54) is 0 Å². The van der Waals surface area contributed by atoms with Gasteiger partial charge in [0.05, 0.1) is 15.7 Å². The fraction of sp³-hybridized carbons (Fsp3) is 0.0769. The number of hydrogen-bond donors (Lipinski definition) is 1. The first-order valence-electron chi connectivity index (χ1n) is 5.43. The Bertz CT molecular complexity index is 556. The highest BCUT2D eigenvalue weighted by Gasteiger charge is 2.10. The quantitative estimate of drug-likeness (QED) is 0.926. The Labute approximate surface area is 120 Å². The van der Waals surface area contributed by atoms with Gasteiger partial charge in [0.1, 0.15) is 6.61 Å². The number of carbonyl (C=O) groups excluding carboxylic acids is 1. The highest BCUT2D eigenvalue weighted by Crippen LogP contribution is 2.29. The van der Waals surface area contributed by atoms with Crippen LogP contribution in [0, 0.1) is 0 Å². The third-order valence-electron chi connectivity index (χ3n) is 2.31. The molecule has 0 fully saturated rings. The van der Waals surface area contributed by atoms with Gasteiger partial charge in [-0.2, -0.15) is 0 Å². The summed E-state index contributed by atoms with van der Waals surface area (Å²) in [6.45, 7) is 0.149. The lowest BCUT2D eigenvalue weighted by Gasteiger charge is -2.09. The van der Waals surface area contributed by atoms with Crippen LogP contribution in [0.25, 0.3) is 0 Å². The van der Waals surface area contributed by atoms with Gasteiger partial charge in [-0.25, -0.2) is 4.79 Å². The van der Waals surface area contributed by atoms with Crippen molar-refractivity contribution in [2.24, 2.45) is 0 Å². The van der Waals surface area contributed by atoms with Crippen LogP contribution < -0.4 is 5.32 Å². The maximum absolute atomic E-state index is 11.6. The average Bonchev–Trinajstić information content (AvgIpc) is 2.42. The third kappa shape index (κ3) is 3.84. The number of rotatable bonds is 3. The zero-order valence-electron chi connectivity index (χ0n) is 9.77. The summed E-state index contributed by atoms with van der Waals surface area (Å²) in [7, 11) is 0. The minimum atomic E-state index is -0.619. The number of benzene rings is 1. The normalized spacial score (nSPS) is 10.0. The molecule has 0 spiro atoms. The summed E-state index contributed by atoms with van der Waals surface area (Å²) in [6, 6.07) is 8.47. The number of nitrogens with one attached hydrogen (secondary N) is 1. The number of ether oxygens (including phenoxy) is 1. The lowest BCUT2D eigenvalue weighted by molar-refractivity contribution is 0.155. The van der Waals surface area contributed by atoms with E-state index >= 15 is 0 Å². The largest absolute Gasteiger partial charge is 0.444 e. The van der Waals surface area contributed by atoms with E-state index in [1.54, 1.807) is 42.7 Å². The number of hydrogen-bond acceptors (Lipinski definition) is 3. The van der Waals surface area contributed by atoms with Gasteiger partial charge in [0, 0.05) is 12.4 Å². The number of halogens is 2. The number of nitrogens with zero attached hydrogens (tertiary/aromatic N) is 1. The molecule has 1 amide bonds. The summed E-state index contributed by atoms with van der Waals surface area (Å²) in [6.07, 6.45) is 2.63. The topological polar surface area (TPSA) is 51.2 Å². The number of amides is 1. The molecule has 1 aromatic heterocycles. The summed E-state index contributed by atoms with van der Waals surface area (Å²) in [4.78, 5) is 15.5. The minimum Gasteiger partial charge on any atom is -0.444 e. The van der Waals surface area contributed by atoms with Crippen LogP contribution in [-0.4, -0.2) is 11.1 Å². The maximum Gasteiger partial charge on any atom is 0.412 e.